The van der Waals surface area contributed by atoms with E-state index >= 15 is 0 Å². The Labute approximate surface area is 161 Å². The number of benzene rings is 1. The van der Waals surface area contributed by atoms with E-state index in [4.69, 9.17) is 4.42 Å². The first-order chi connectivity index (χ1) is 12.8. The van der Waals surface area contributed by atoms with Crippen molar-refractivity contribution in [2.45, 2.75) is 69.8 Å². The van der Waals surface area contributed by atoms with Crippen LogP contribution in [-0.2, 0) is 22.2 Å². The average molecular weight is 364 g/mol. The molecule has 3 nitrogen and oxygen atoms in total. The smallest absolute Gasteiger partial charge is 0.142 e. The monoisotopic (exact) mass is 364 g/mol. The van der Waals surface area contributed by atoms with E-state index in [9.17, 15) is 9.90 Å². The molecule has 1 N–H and O–H groups in total. The number of fused-ring (bicyclic) bond motifs is 2. The highest BCUT2D eigenvalue weighted by atomic mass is 16.3. The summed E-state index contributed by atoms with van der Waals surface area (Å²) >= 11 is 0. The number of rotatable bonds is 3. The lowest BCUT2D eigenvalue weighted by Crippen LogP contribution is -2.37. The molecule has 0 bridgehead atoms. The zero-order valence-corrected chi connectivity index (χ0v) is 16.4. The second kappa shape index (κ2) is 6.49. The maximum Gasteiger partial charge on any atom is 0.142 e. The van der Waals surface area contributed by atoms with Crippen molar-refractivity contribution in [3.63, 3.8) is 0 Å². The number of aryl methyl sites for hydroxylation is 1. The summed E-state index contributed by atoms with van der Waals surface area (Å²) in [5, 5.41) is 11.3. The van der Waals surface area contributed by atoms with Crippen LogP contribution in [-0.4, -0.2) is 11.4 Å². The molecule has 2 unspecified atom stereocenters. The largest absolute Gasteiger partial charge is 0.461 e. The zero-order chi connectivity index (χ0) is 19.2. The third-order valence-corrected chi connectivity index (χ3v) is 6.45. The average Bonchev–Trinajstić information content (AvgIpc) is 3.06. The minimum absolute atomic E-state index is 0.0688. The summed E-state index contributed by atoms with van der Waals surface area (Å²) in [5.41, 5.74) is 4.10. The fourth-order valence-corrected chi connectivity index (χ4v) is 4.96. The molecule has 0 saturated carbocycles. The minimum atomic E-state index is -0.803. The molecule has 1 aromatic heterocycles. The van der Waals surface area contributed by atoms with Crippen LogP contribution in [0.4, 0.5) is 0 Å². The van der Waals surface area contributed by atoms with Gasteiger partial charge in [0.25, 0.3) is 0 Å². The van der Waals surface area contributed by atoms with Crippen LogP contribution < -0.4 is 0 Å². The Morgan fingerprint density at radius 3 is 2.78 bits per heavy atom. The second-order valence-corrected chi connectivity index (χ2v) is 8.89. The lowest BCUT2D eigenvalue weighted by molar-refractivity contribution is -0.104. The van der Waals surface area contributed by atoms with Crippen LogP contribution in [0.15, 0.2) is 34.8 Å². The minimum Gasteiger partial charge on any atom is -0.461 e. The Bertz CT molecular complexity index is 898. The summed E-state index contributed by atoms with van der Waals surface area (Å²) < 4.78 is 5.99. The van der Waals surface area contributed by atoms with Crippen molar-refractivity contribution in [2.24, 2.45) is 0 Å². The second-order valence-electron chi connectivity index (χ2n) is 8.89. The zero-order valence-electron chi connectivity index (χ0n) is 16.4. The Morgan fingerprint density at radius 2 is 2.00 bits per heavy atom. The molecule has 0 aliphatic heterocycles. The third kappa shape index (κ3) is 3.08. The predicted octanol–water partition coefficient (Wildman–Crippen LogP) is 5.24. The van der Waals surface area contributed by atoms with Crippen molar-refractivity contribution in [3.05, 3.63) is 64.1 Å². The molecule has 0 spiro atoms. The van der Waals surface area contributed by atoms with Crippen molar-refractivity contribution in [1.29, 1.82) is 0 Å². The summed E-state index contributed by atoms with van der Waals surface area (Å²) in [6, 6.07) is 8.58. The number of allylic oxidation sites excluding steroid dienone is 1. The highest BCUT2D eigenvalue weighted by Crippen LogP contribution is 2.50. The van der Waals surface area contributed by atoms with Crippen LogP contribution in [0.2, 0.25) is 0 Å². The van der Waals surface area contributed by atoms with Crippen LogP contribution in [0.3, 0.4) is 0 Å². The summed E-state index contributed by atoms with van der Waals surface area (Å²) in [4.78, 5) is 10.6. The fraction of sp³-hybridized carbons (Fsp3) is 0.458. The van der Waals surface area contributed by atoms with Gasteiger partial charge < -0.3 is 9.52 Å². The van der Waals surface area contributed by atoms with Crippen molar-refractivity contribution in [2.75, 3.05) is 0 Å². The van der Waals surface area contributed by atoms with Gasteiger partial charge in [-0.05, 0) is 72.9 Å². The molecule has 0 amide bonds. The van der Waals surface area contributed by atoms with E-state index in [1.165, 1.54) is 22.8 Å². The van der Waals surface area contributed by atoms with Gasteiger partial charge in [-0.1, -0.05) is 32.0 Å². The lowest BCUT2D eigenvalue weighted by atomic mass is 9.64. The summed E-state index contributed by atoms with van der Waals surface area (Å²) in [6.07, 6.45) is 8.77. The van der Waals surface area contributed by atoms with E-state index in [0.717, 1.165) is 55.5 Å². The first kappa shape index (κ1) is 18.2. The van der Waals surface area contributed by atoms with Crippen LogP contribution >= 0.6 is 0 Å². The Morgan fingerprint density at radius 1 is 1.19 bits per heavy atom. The number of aliphatic hydroxyl groups is 1. The highest BCUT2D eigenvalue weighted by Gasteiger charge is 2.41. The molecule has 3 heteroatoms. The van der Waals surface area contributed by atoms with Crippen LogP contribution in [0, 0.1) is 0 Å². The van der Waals surface area contributed by atoms with Gasteiger partial charge in [0.15, 0.2) is 0 Å². The van der Waals surface area contributed by atoms with Crippen molar-refractivity contribution < 1.29 is 14.3 Å². The summed E-state index contributed by atoms with van der Waals surface area (Å²) in [6.45, 7) is 6.51. The summed E-state index contributed by atoms with van der Waals surface area (Å²) in [5.74, 6) is 1.98. The van der Waals surface area contributed by atoms with E-state index in [2.05, 4.69) is 38.1 Å². The van der Waals surface area contributed by atoms with Crippen molar-refractivity contribution >= 4 is 12.4 Å². The van der Waals surface area contributed by atoms with Gasteiger partial charge in [0, 0.05) is 17.9 Å². The Balaban J connectivity index is 1.86. The molecular weight excluding hydrogens is 336 g/mol. The van der Waals surface area contributed by atoms with Gasteiger partial charge >= 0.3 is 0 Å². The number of aldehydes is 1. The standard InChI is InChI=1S/C24H28O3/c1-23(2)12-13-24(3,26)22-18(9-4-10-20(22)23)17-8-5-11-21-19(17)15-16(27-21)7-6-14-25/h4,6-7,9-10,14-15,17,26H,5,8,11-13H2,1-3H3/b7-6+. The van der Waals surface area contributed by atoms with Crippen molar-refractivity contribution in [3.8, 4) is 0 Å². The Kier molecular flexibility index (Phi) is 4.38. The normalized spacial score (nSPS) is 26.6. The molecule has 4 rings (SSSR count). The van der Waals surface area contributed by atoms with Crippen LogP contribution in [0.5, 0.6) is 0 Å². The topological polar surface area (TPSA) is 50.4 Å². The fourth-order valence-electron chi connectivity index (χ4n) is 4.96. The molecule has 0 fully saturated rings. The molecule has 0 saturated heterocycles. The SMILES string of the molecule is CC1(C)CCC(C)(O)c2c(C3CCCc4oc(/C=C/C=O)cc43)cccc21. The molecule has 1 heterocycles. The molecule has 1 aromatic carbocycles. The van der Waals surface area contributed by atoms with Gasteiger partial charge in [0.1, 0.15) is 17.8 Å². The number of hydrogen-bond acceptors (Lipinski definition) is 3. The van der Waals surface area contributed by atoms with E-state index in [1.807, 2.05) is 6.92 Å². The molecule has 142 valence electrons. The molecule has 2 aromatic rings. The quantitative estimate of drug-likeness (QED) is 0.598. The predicted molar refractivity (Wildman–Crippen MR) is 107 cm³/mol. The van der Waals surface area contributed by atoms with Gasteiger partial charge in [0.2, 0.25) is 0 Å². The number of furan rings is 1. The third-order valence-electron chi connectivity index (χ3n) is 6.45. The van der Waals surface area contributed by atoms with Crippen molar-refractivity contribution in [1.82, 2.24) is 0 Å². The van der Waals surface area contributed by atoms with E-state index in [1.54, 1.807) is 6.08 Å². The highest BCUT2D eigenvalue weighted by molar-refractivity contribution is 5.73. The summed E-state index contributed by atoms with van der Waals surface area (Å²) in [7, 11) is 0. The van der Waals surface area contributed by atoms with Crippen LogP contribution in [0.1, 0.15) is 86.1 Å². The first-order valence-electron chi connectivity index (χ1n) is 9.94. The van der Waals surface area contributed by atoms with Gasteiger partial charge in [-0.2, -0.15) is 0 Å². The molecule has 27 heavy (non-hydrogen) atoms. The molecule has 2 aliphatic carbocycles. The lowest BCUT2D eigenvalue weighted by Gasteiger charge is -2.43. The number of hydrogen-bond donors (Lipinski definition) is 1. The maximum atomic E-state index is 11.3. The van der Waals surface area contributed by atoms with E-state index < -0.39 is 5.60 Å². The Hall–Kier alpha value is -2.13. The molecular formula is C24H28O3. The molecule has 0 radical (unpaired) electrons. The van der Waals surface area contributed by atoms with E-state index in [-0.39, 0.29) is 11.3 Å². The molecule has 2 atom stereocenters. The van der Waals surface area contributed by atoms with Gasteiger partial charge in [0.05, 0.1) is 5.60 Å². The van der Waals surface area contributed by atoms with Gasteiger partial charge in [-0.3, -0.25) is 4.79 Å². The van der Waals surface area contributed by atoms with Gasteiger partial charge in [-0.15, -0.1) is 0 Å². The maximum absolute atomic E-state index is 11.3. The van der Waals surface area contributed by atoms with Gasteiger partial charge in [-0.25, -0.2) is 0 Å². The van der Waals surface area contributed by atoms with E-state index in [0.29, 0.717) is 0 Å². The number of carbonyl (C=O) groups is 1. The van der Waals surface area contributed by atoms with Crippen LogP contribution in [0.25, 0.3) is 6.08 Å². The molecule has 2 aliphatic rings. The number of carbonyl (C=O) groups excluding carboxylic acids is 1. The first-order valence-corrected chi connectivity index (χ1v) is 9.94.